The Hall–Kier alpha value is -2.62. The third-order valence-corrected chi connectivity index (χ3v) is 3.58. The predicted octanol–water partition coefficient (Wildman–Crippen LogP) is 2.83. The smallest absolute Gasteiger partial charge is 0.335 e. The summed E-state index contributed by atoms with van der Waals surface area (Å²) >= 11 is 0. The summed E-state index contributed by atoms with van der Waals surface area (Å²) in [6.07, 6.45) is 5.55. The molecule has 0 radical (unpaired) electrons. The van der Waals surface area contributed by atoms with Crippen LogP contribution in [0.2, 0.25) is 0 Å². The standard InChI is InChI=1S/C17H16O4/c1-12-16(20)21-13(2)17(12,11-9-15(18)19)10-8-14-6-4-3-5-7-14/h3-11,13H,1H2,2H3,(H,18,19). The van der Waals surface area contributed by atoms with Gasteiger partial charge >= 0.3 is 11.9 Å². The van der Waals surface area contributed by atoms with E-state index in [0.717, 1.165) is 11.6 Å². The fraction of sp³-hybridized carbons (Fsp3) is 0.176. The topological polar surface area (TPSA) is 63.6 Å². The second-order valence-corrected chi connectivity index (χ2v) is 4.87. The normalized spacial score (nSPS) is 25.7. The van der Waals surface area contributed by atoms with E-state index in [1.807, 2.05) is 36.4 Å². The molecule has 0 saturated carbocycles. The molecule has 1 aromatic carbocycles. The number of carbonyl (C=O) groups excluding carboxylic acids is 1. The van der Waals surface area contributed by atoms with Crippen LogP contribution in [0.15, 0.2) is 60.7 Å². The predicted molar refractivity (Wildman–Crippen MR) is 79.4 cm³/mol. The minimum absolute atomic E-state index is 0.236. The molecule has 0 aromatic heterocycles. The van der Waals surface area contributed by atoms with Crippen molar-refractivity contribution in [3.63, 3.8) is 0 Å². The number of hydrogen-bond donors (Lipinski definition) is 1. The van der Waals surface area contributed by atoms with Gasteiger partial charge in [-0.1, -0.05) is 55.1 Å². The van der Waals surface area contributed by atoms with Crippen molar-refractivity contribution >= 4 is 18.0 Å². The molecule has 1 saturated heterocycles. The van der Waals surface area contributed by atoms with Crippen molar-refractivity contribution in [2.45, 2.75) is 13.0 Å². The van der Waals surface area contributed by atoms with Gasteiger partial charge in [0.05, 0.1) is 5.41 Å². The first kappa shape index (κ1) is 14.8. The lowest BCUT2D eigenvalue weighted by Gasteiger charge is -2.24. The van der Waals surface area contributed by atoms with E-state index in [-0.39, 0.29) is 5.57 Å². The first-order chi connectivity index (χ1) is 9.95. The van der Waals surface area contributed by atoms with Crippen molar-refractivity contribution < 1.29 is 19.4 Å². The minimum Gasteiger partial charge on any atom is -0.478 e. The Morgan fingerprint density at radius 3 is 2.52 bits per heavy atom. The molecule has 1 heterocycles. The molecule has 0 amide bonds. The van der Waals surface area contributed by atoms with Crippen molar-refractivity contribution in [1.29, 1.82) is 0 Å². The Bertz CT molecular complexity index is 627. The summed E-state index contributed by atoms with van der Waals surface area (Å²) < 4.78 is 5.18. The molecule has 1 N–H and O–H groups in total. The third-order valence-electron chi connectivity index (χ3n) is 3.58. The number of rotatable bonds is 4. The molecule has 1 fully saturated rings. The van der Waals surface area contributed by atoms with Crippen LogP contribution in [0, 0.1) is 5.41 Å². The molecule has 4 nitrogen and oxygen atoms in total. The van der Waals surface area contributed by atoms with E-state index >= 15 is 0 Å². The van der Waals surface area contributed by atoms with E-state index in [4.69, 9.17) is 9.84 Å². The molecule has 2 rings (SSSR count). The second-order valence-electron chi connectivity index (χ2n) is 4.87. The fourth-order valence-electron chi connectivity index (χ4n) is 2.29. The molecule has 1 aliphatic rings. The third kappa shape index (κ3) is 2.94. The number of esters is 1. The van der Waals surface area contributed by atoms with Crippen LogP contribution in [0.3, 0.4) is 0 Å². The van der Waals surface area contributed by atoms with Crippen molar-refractivity contribution in [2.24, 2.45) is 5.41 Å². The van der Waals surface area contributed by atoms with Crippen LogP contribution in [0.25, 0.3) is 6.08 Å². The average Bonchev–Trinajstić information content (AvgIpc) is 2.67. The van der Waals surface area contributed by atoms with Gasteiger partial charge < -0.3 is 9.84 Å². The number of carboxylic acid groups (broad SMARTS) is 1. The van der Waals surface area contributed by atoms with E-state index in [1.54, 1.807) is 13.0 Å². The Morgan fingerprint density at radius 1 is 1.33 bits per heavy atom. The quantitative estimate of drug-likeness (QED) is 0.682. The van der Waals surface area contributed by atoms with Crippen molar-refractivity contribution in [1.82, 2.24) is 0 Å². The van der Waals surface area contributed by atoms with E-state index in [1.165, 1.54) is 6.08 Å². The highest BCUT2D eigenvalue weighted by Crippen LogP contribution is 2.42. The molecule has 108 valence electrons. The lowest BCUT2D eigenvalue weighted by Crippen LogP contribution is -2.25. The summed E-state index contributed by atoms with van der Waals surface area (Å²) in [7, 11) is 0. The lowest BCUT2D eigenvalue weighted by molar-refractivity contribution is -0.138. The van der Waals surface area contributed by atoms with Gasteiger partial charge in [0.1, 0.15) is 6.10 Å². The largest absolute Gasteiger partial charge is 0.478 e. The van der Waals surface area contributed by atoms with E-state index in [2.05, 4.69) is 6.58 Å². The highest BCUT2D eigenvalue weighted by molar-refractivity contribution is 5.94. The van der Waals surface area contributed by atoms with Gasteiger partial charge in [0.25, 0.3) is 0 Å². The van der Waals surface area contributed by atoms with Gasteiger partial charge in [0.2, 0.25) is 0 Å². The van der Waals surface area contributed by atoms with Crippen molar-refractivity contribution in [2.75, 3.05) is 0 Å². The van der Waals surface area contributed by atoms with Gasteiger partial charge in [0.15, 0.2) is 0 Å². The summed E-state index contributed by atoms with van der Waals surface area (Å²) in [5, 5.41) is 8.85. The zero-order valence-corrected chi connectivity index (χ0v) is 11.7. The minimum atomic E-state index is -1.08. The Balaban J connectivity index is 2.42. The number of hydrogen-bond acceptors (Lipinski definition) is 3. The van der Waals surface area contributed by atoms with Crippen molar-refractivity contribution in [3.05, 3.63) is 66.3 Å². The molecular weight excluding hydrogens is 268 g/mol. The summed E-state index contributed by atoms with van der Waals surface area (Å²) in [6.45, 7) is 5.48. The molecule has 2 unspecified atom stereocenters. The summed E-state index contributed by atoms with van der Waals surface area (Å²) in [5.74, 6) is -1.59. The first-order valence-electron chi connectivity index (χ1n) is 6.52. The molecular formula is C17H16O4. The monoisotopic (exact) mass is 284 g/mol. The Morgan fingerprint density at radius 2 is 2.00 bits per heavy atom. The van der Waals surface area contributed by atoms with Crippen LogP contribution in [0.4, 0.5) is 0 Å². The Labute approximate surface area is 123 Å². The molecule has 4 heteroatoms. The summed E-state index contributed by atoms with van der Waals surface area (Å²) in [5.41, 5.74) is 0.241. The van der Waals surface area contributed by atoms with Gasteiger partial charge in [-0.2, -0.15) is 0 Å². The van der Waals surface area contributed by atoms with Gasteiger partial charge in [-0.3, -0.25) is 0 Å². The SMILES string of the molecule is C=C1C(=O)OC(C)C1(C=CC(=O)O)C=Cc1ccccc1. The lowest BCUT2D eigenvalue weighted by atomic mass is 9.77. The number of benzene rings is 1. The highest BCUT2D eigenvalue weighted by Gasteiger charge is 2.46. The van der Waals surface area contributed by atoms with Crippen LogP contribution < -0.4 is 0 Å². The van der Waals surface area contributed by atoms with Crippen LogP contribution >= 0.6 is 0 Å². The maximum atomic E-state index is 11.7. The summed E-state index contributed by atoms with van der Waals surface area (Å²) in [4.78, 5) is 22.5. The maximum absolute atomic E-state index is 11.7. The van der Waals surface area contributed by atoms with Crippen LogP contribution in [-0.4, -0.2) is 23.1 Å². The van der Waals surface area contributed by atoms with E-state index in [0.29, 0.717) is 0 Å². The van der Waals surface area contributed by atoms with E-state index in [9.17, 15) is 9.59 Å². The molecule has 0 aliphatic carbocycles. The molecule has 1 aliphatic heterocycles. The number of carbonyl (C=O) groups is 2. The van der Waals surface area contributed by atoms with Crippen LogP contribution in [0.5, 0.6) is 0 Å². The van der Waals surface area contributed by atoms with Gasteiger partial charge in [-0.25, -0.2) is 9.59 Å². The number of cyclic esters (lactones) is 1. The molecule has 1 aromatic rings. The molecule has 21 heavy (non-hydrogen) atoms. The fourth-order valence-corrected chi connectivity index (χ4v) is 2.29. The van der Waals surface area contributed by atoms with Crippen LogP contribution in [-0.2, 0) is 14.3 Å². The summed E-state index contributed by atoms with van der Waals surface area (Å²) in [6, 6.07) is 9.52. The zero-order chi connectivity index (χ0) is 15.5. The zero-order valence-electron chi connectivity index (χ0n) is 11.7. The van der Waals surface area contributed by atoms with E-state index < -0.39 is 23.5 Å². The number of ether oxygens (including phenoxy) is 1. The highest BCUT2D eigenvalue weighted by atomic mass is 16.6. The molecule has 0 spiro atoms. The average molecular weight is 284 g/mol. The van der Waals surface area contributed by atoms with Gasteiger partial charge in [-0.15, -0.1) is 0 Å². The van der Waals surface area contributed by atoms with Crippen LogP contribution in [0.1, 0.15) is 12.5 Å². The van der Waals surface area contributed by atoms with Gasteiger partial charge in [0, 0.05) is 11.6 Å². The van der Waals surface area contributed by atoms with Gasteiger partial charge in [-0.05, 0) is 12.5 Å². The molecule has 0 bridgehead atoms. The Kier molecular flexibility index (Phi) is 4.08. The van der Waals surface area contributed by atoms with Crippen molar-refractivity contribution in [3.8, 4) is 0 Å². The maximum Gasteiger partial charge on any atom is 0.335 e. The number of aliphatic carboxylic acids is 1. The number of carboxylic acids is 1. The first-order valence-corrected chi connectivity index (χ1v) is 6.52. The second kappa shape index (κ2) is 5.79. The molecule has 2 atom stereocenters.